The summed E-state index contributed by atoms with van der Waals surface area (Å²) in [5.74, 6) is -0.0531. The van der Waals surface area contributed by atoms with E-state index in [9.17, 15) is 10.2 Å². The van der Waals surface area contributed by atoms with Gasteiger partial charge in [0.1, 0.15) is 6.10 Å². The predicted molar refractivity (Wildman–Crippen MR) is 68.8 cm³/mol. The van der Waals surface area contributed by atoms with Crippen LogP contribution in [0.3, 0.4) is 0 Å². The van der Waals surface area contributed by atoms with E-state index in [1.165, 1.54) is 0 Å². The van der Waals surface area contributed by atoms with Crippen LogP contribution in [-0.2, 0) is 9.47 Å². The van der Waals surface area contributed by atoms with Crippen molar-refractivity contribution >= 4 is 0 Å². The van der Waals surface area contributed by atoms with Crippen molar-refractivity contribution in [3.8, 4) is 0 Å². The lowest BCUT2D eigenvalue weighted by molar-refractivity contribution is -0.0344. The number of aliphatic hydroxyl groups is 2. The molecule has 0 spiro atoms. The highest BCUT2D eigenvalue weighted by atomic mass is 16.5. The molecule has 1 heterocycles. The Labute approximate surface area is 109 Å². The number of hydrogen-bond donors (Lipinski definition) is 3. The molecule has 5 unspecified atom stereocenters. The second-order valence-electron chi connectivity index (χ2n) is 5.20. The van der Waals surface area contributed by atoms with Gasteiger partial charge in [0, 0.05) is 13.0 Å². The molecule has 0 radical (unpaired) electrons. The second kappa shape index (κ2) is 6.02. The molecule has 106 valence electrons. The number of hydrogen-bond acceptors (Lipinski definition) is 5. The van der Waals surface area contributed by atoms with E-state index in [1.807, 2.05) is 6.92 Å². The third-order valence-electron chi connectivity index (χ3n) is 3.95. The van der Waals surface area contributed by atoms with Gasteiger partial charge in [0.25, 0.3) is 0 Å². The third-order valence-corrected chi connectivity index (χ3v) is 3.95. The maximum atomic E-state index is 10.5. The average Bonchev–Trinajstić information content (AvgIpc) is 2.39. The monoisotopic (exact) mass is 259 g/mol. The molecule has 18 heavy (non-hydrogen) atoms. The quantitative estimate of drug-likeness (QED) is 0.674. The Morgan fingerprint density at radius 2 is 2.17 bits per heavy atom. The molecular weight excluding hydrogens is 234 g/mol. The second-order valence-corrected chi connectivity index (χ2v) is 5.20. The van der Waals surface area contributed by atoms with E-state index >= 15 is 0 Å². The summed E-state index contributed by atoms with van der Waals surface area (Å²) < 4.78 is 10.8. The SMILES string of the molecule is C=C1OC(CO)C(CC)C(O)C(C)(N)C1COC. The van der Waals surface area contributed by atoms with Crippen LogP contribution in [-0.4, -0.2) is 48.3 Å². The lowest BCUT2D eigenvalue weighted by Crippen LogP contribution is -2.58. The van der Waals surface area contributed by atoms with Crippen molar-refractivity contribution in [2.45, 2.75) is 38.0 Å². The summed E-state index contributed by atoms with van der Waals surface area (Å²) in [4.78, 5) is 0. The van der Waals surface area contributed by atoms with Gasteiger partial charge in [-0.2, -0.15) is 0 Å². The number of rotatable bonds is 4. The number of nitrogens with two attached hydrogens (primary N) is 1. The zero-order valence-corrected chi connectivity index (χ0v) is 11.4. The van der Waals surface area contributed by atoms with Gasteiger partial charge < -0.3 is 25.4 Å². The van der Waals surface area contributed by atoms with Crippen molar-refractivity contribution in [2.24, 2.45) is 17.6 Å². The van der Waals surface area contributed by atoms with Gasteiger partial charge in [-0.1, -0.05) is 13.5 Å². The Balaban J connectivity index is 3.10. The molecule has 0 amide bonds. The summed E-state index contributed by atoms with van der Waals surface area (Å²) in [7, 11) is 1.57. The smallest absolute Gasteiger partial charge is 0.126 e. The van der Waals surface area contributed by atoms with Gasteiger partial charge in [-0.25, -0.2) is 0 Å². The summed E-state index contributed by atoms with van der Waals surface area (Å²) in [5.41, 5.74) is 5.38. The largest absolute Gasteiger partial charge is 0.492 e. The molecule has 5 nitrogen and oxygen atoms in total. The molecule has 1 aliphatic heterocycles. The van der Waals surface area contributed by atoms with E-state index < -0.39 is 17.7 Å². The molecule has 0 aromatic heterocycles. The minimum atomic E-state index is -0.891. The number of methoxy groups -OCH3 is 1. The molecule has 0 aromatic rings. The van der Waals surface area contributed by atoms with Gasteiger partial charge >= 0.3 is 0 Å². The number of ether oxygens (including phenoxy) is 2. The van der Waals surface area contributed by atoms with Crippen molar-refractivity contribution in [2.75, 3.05) is 20.3 Å². The Bertz CT molecular complexity index is 293. The molecule has 5 atom stereocenters. The van der Waals surface area contributed by atoms with Crippen molar-refractivity contribution < 1.29 is 19.7 Å². The van der Waals surface area contributed by atoms with Crippen molar-refractivity contribution in [1.82, 2.24) is 0 Å². The fraction of sp³-hybridized carbons (Fsp3) is 0.846. The minimum absolute atomic E-state index is 0.162. The number of aliphatic hydroxyl groups excluding tert-OH is 2. The first kappa shape index (κ1) is 15.4. The molecule has 4 N–H and O–H groups in total. The highest BCUT2D eigenvalue weighted by Gasteiger charge is 2.48. The van der Waals surface area contributed by atoms with E-state index in [-0.39, 0.29) is 18.4 Å². The van der Waals surface area contributed by atoms with Crippen LogP contribution in [0.4, 0.5) is 0 Å². The van der Waals surface area contributed by atoms with E-state index in [2.05, 4.69) is 6.58 Å². The van der Waals surface area contributed by atoms with Gasteiger partial charge in [-0.3, -0.25) is 0 Å². The van der Waals surface area contributed by atoms with Crippen molar-refractivity contribution in [1.29, 1.82) is 0 Å². The maximum absolute atomic E-state index is 10.5. The van der Waals surface area contributed by atoms with E-state index in [0.29, 0.717) is 18.8 Å². The fourth-order valence-corrected chi connectivity index (χ4v) is 2.68. The minimum Gasteiger partial charge on any atom is -0.492 e. The van der Waals surface area contributed by atoms with E-state index in [0.717, 1.165) is 0 Å². The molecular formula is C13H25NO4. The maximum Gasteiger partial charge on any atom is 0.126 e. The first-order valence-corrected chi connectivity index (χ1v) is 6.32. The average molecular weight is 259 g/mol. The van der Waals surface area contributed by atoms with Gasteiger partial charge in [0.15, 0.2) is 0 Å². The summed E-state index contributed by atoms with van der Waals surface area (Å²) >= 11 is 0. The zero-order chi connectivity index (χ0) is 13.9. The summed E-state index contributed by atoms with van der Waals surface area (Å²) in [5, 5.41) is 19.9. The predicted octanol–water partition coefficient (Wildman–Crippen LogP) is 0.258. The molecule has 0 aromatic carbocycles. The van der Waals surface area contributed by atoms with Crippen LogP contribution in [0.5, 0.6) is 0 Å². The first-order valence-electron chi connectivity index (χ1n) is 6.32. The molecule has 0 bridgehead atoms. The molecule has 5 heteroatoms. The summed E-state index contributed by atoms with van der Waals surface area (Å²) in [6, 6.07) is 0. The van der Waals surface area contributed by atoms with Crippen LogP contribution in [0.2, 0.25) is 0 Å². The van der Waals surface area contributed by atoms with E-state index in [1.54, 1.807) is 14.0 Å². The Morgan fingerprint density at radius 1 is 1.56 bits per heavy atom. The lowest BCUT2D eigenvalue weighted by atomic mass is 9.75. The van der Waals surface area contributed by atoms with Crippen molar-refractivity contribution in [3.63, 3.8) is 0 Å². The van der Waals surface area contributed by atoms with Gasteiger partial charge in [0.2, 0.25) is 0 Å². The molecule has 0 saturated carbocycles. The Kier molecular flexibility index (Phi) is 5.16. The Hall–Kier alpha value is -0.620. The Morgan fingerprint density at radius 3 is 2.61 bits per heavy atom. The fourth-order valence-electron chi connectivity index (χ4n) is 2.68. The summed E-state index contributed by atoms with van der Waals surface area (Å²) in [6.45, 7) is 7.75. The van der Waals surface area contributed by atoms with E-state index in [4.69, 9.17) is 15.2 Å². The lowest BCUT2D eigenvalue weighted by Gasteiger charge is -2.38. The van der Waals surface area contributed by atoms with Crippen LogP contribution in [0.1, 0.15) is 20.3 Å². The molecule has 1 saturated heterocycles. The third kappa shape index (κ3) is 2.69. The van der Waals surface area contributed by atoms with Crippen LogP contribution < -0.4 is 5.73 Å². The highest BCUT2D eigenvalue weighted by molar-refractivity contribution is 5.11. The van der Waals surface area contributed by atoms with Crippen molar-refractivity contribution in [3.05, 3.63) is 12.3 Å². The molecule has 0 aliphatic carbocycles. The molecule has 1 fully saturated rings. The standard InChI is InChI=1S/C13H25NO4/c1-5-9-11(6-15)18-8(2)10(7-17-4)13(3,14)12(9)16/h9-12,15-16H,2,5-7,14H2,1,3-4H3. The van der Waals surface area contributed by atoms with Gasteiger partial charge in [-0.15, -0.1) is 0 Å². The zero-order valence-electron chi connectivity index (χ0n) is 11.4. The summed E-state index contributed by atoms with van der Waals surface area (Å²) in [6.07, 6.45) is -0.576. The molecule has 1 aliphatic rings. The topological polar surface area (TPSA) is 84.9 Å². The van der Waals surface area contributed by atoms with Crippen LogP contribution in [0.15, 0.2) is 12.3 Å². The highest BCUT2D eigenvalue weighted by Crippen LogP contribution is 2.37. The van der Waals surface area contributed by atoms with Gasteiger partial charge in [0.05, 0.1) is 36.5 Å². The van der Waals surface area contributed by atoms with Crippen LogP contribution >= 0.6 is 0 Å². The van der Waals surface area contributed by atoms with Gasteiger partial charge in [-0.05, 0) is 13.3 Å². The molecule has 1 rings (SSSR count). The first-order chi connectivity index (χ1) is 8.39. The normalized spacial score (nSPS) is 41.3. The van der Waals surface area contributed by atoms with Crippen LogP contribution in [0, 0.1) is 11.8 Å². The van der Waals surface area contributed by atoms with Crippen LogP contribution in [0.25, 0.3) is 0 Å².